The van der Waals surface area contributed by atoms with Gasteiger partial charge in [0.15, 0.2) is 0 Å². The number of hydrogen-bond donors (Lipinski definition) is 1. The van der Waals surface area contributed by atoms with Gasteiger partial charge < -0.3 is 9.84 Å². The number of fused-ring (bicyclic) bond motifs is 1. The molecule has 0 atom stereocenters. The van der Waals surface area contributed by atoms with Crippen molar-refractivity contribution in [2.24, 2.45) is 0 Å². The molecule has 3 heteroatoms. The summed E-state index contributed by atoms with van der Waals surface area (Å²) in [6.45, 7) is 0.686. The van der Waals surface area contributed by atoms with E-state index in [4.69, 9.17) is 9.84 Å². The molecule has 0 spiro atoms. The second kappa shape index (κ2) is 6.37. The van der Waals surface area contributed by atoms with E-state index in [-0.39, 0.29) is 6.61 Å². The number of benzene rings is 2. The third kappa shape index (κ3) is 3.20. The molecule has 0 amide bonds. The maximum Gasteiger partial charge on any atom is 0.119 e. The number of hydrogen-bond acceptors (Lipinski definition) is 3. The Labute approximate surface area is 123 Å². The highest BCUT2D eigenvalue weighted by molar-refractivity contribution is 5.81. The van der Waals surface area contributed by atoms with E-state index in [9.17, 15) is 0 Å². The van der Waals surface area contributed by atoms with Crippen LogP contribution < -0.4 is 4.74 Å². The van der Waals surface area contributed by atoms with Crippen LogP contribution in [0.5, 0.6) is 5.75 Å². The van der Waals surface area contributed by atoms with Crippen molar-refractivity contribution in [3.63, 3.8) is 0 Å². The first-order valence-electron chi connectivity index (χ1n) is 7.02. The summed E-state index contributed by atoms with van der Waals surface area (Å²) in [7, 11) is 0. The molecule has 0 saturated heterocycles. The van der Waals surface area contributed by atoms with E-state index >= 15 is 0 Å². The van der Waals surface area contributed by atoms with Crippen LogP contribution in [-0.2, 0) is 13.0 Å². The van der Waals surface area contributed by atoms with Crippen molar-refractivity contribution >= 4 is 10.9 Å². The molecule has 0 unspecified atom stereocenters. The van der Waals surface area contributed by atoms with Gasteiger partial charge in [0.1, 0.15) is 12.4 Å². The van der Waals surface area contributed by atoms with Crippen LogP contribution in [0.15, 0.2) is 60.8 Å². The Bertz CT molecular complexity index is 717. The third-order valence-corrected chi connectivity index (χ3v) is 3.46. The van der Waals surface area contributed by atoms with E-state index in [0.29, 0.717) is 13.0 Å². The second-order valence-electron chi connectivity index (χ2n) is 4.89. The van der Waals surface area contributed by atoms with Crippen molar-refractivity contribution in [2.45, 2.75) is 13.0 Å². The Kier molecular flexibility index (Phi) is 4.12. The van der Waals surface area contributed by atoms with Gasteiger partial charge in [0.05, 0.1) is 5.52 Å². The summed E-state index contributed by atoms with van der Waals surface area (Å²) in [5.41, 5.74) is 3.22. The molecule has 3 aromatic rings. The molecule has 0 radical (unpaired) electrons. The summed E-state index contributed by atoms with van der Waals surface area (Å²) in [5, 5.41) is 10.0. The van der Waals surface area contributed by atoms with E-state index in [1.807, 2.05) is 54.7 Å². The van der Waals surface area contributed by atoms with Crippen molar-refractivity contribution in [3.8, 4) is 5.75 Å². The highest BCUT2D eigenvalue weighted by atomic mass is 16.5. The standard InChI is InChI=1S/C18H17NO2/c20-12-10-14-5-7-16(8-6-14)21-13-15-9-11-19-18-4-2-1-3-17(15)18/h1-9,11,20H,10,12-13H2. The normalized spacial score (nSPS) is 10.7. The quantitative estimate of drug-likeness (QED) is 0.779. The van der Waals surface area contributed by atoms with Gasteiger partial charge in [-0.15, -0.1) is 0 Å². The van der Waals surface area contributed by atoms with Crippen LogP contribution in [0.25, 0.3) is 10.9 Å². The summed E-state index contributed by atoms with van der Waals surface area (Å²) in [6, 6.07) is 17.9. The second-order valence-corrected chi connectivity index (χ2v) is 4.89. The lowest BCUT2D eigenvalue weighted by Crippen LogP contribution is -1.97. The van der Waals surface area contributed by atoms with Gasteiger partial charge in [0, 0.05) is 23.8 Å². The largest absolute Gasteiger partial charge is 0.489 e. The van der Waals surface area contributed by atoms with E-state index in [0.717, 1.165) is 27.8 Å². The lowest BCUT2D eigenvalue weighted by atomic mass is 10.1. The highest BCUT2D eigenvalue weighted by Gasteiger charge is 2.02. The van der Waals surface area contributed by atoms with E-state index in [2.05, 4.69) is 11.1 Å². The minimum absolute atomic E-state index is 0.170. The Morgan fingerprint density at radius 3 is 2.57 bits per heavy atom. The predicted octanol–water partition coefficient (Wildman–Crippen LogP) is 3.35. The van der Waals surface area contributed by atoms with Gasteiger partial charge in [0.25, 0.3) is 0 Å². The Morgan fingerprint density at radius 1 is 0.952 bits per heavy atom. The molecule has 1 heterocycles. The van der Waals surface area contributed by atoms with Crippen LogP contribution >= 0.6 is 0 Å². The SMILES string of the molecule is OCCc1ccc(OCc2ccnc3ccccc23)cc1. The minimum atomic E-state index is 0.170. The Hall–Kier alpha value is -2.39. The molecule has 0 aliphatic carbocycles. The zero-order valence-electron chi connectivity index (χ0n) is 11.7. The fraction of sp³-hybridized carbons (Fsp3) is 0.167. The summed E-state index contributed by atoms with van der Waals surface area (Å²) >= 11 is 0. The van der Waals surface area contributed by atoms with E-state index in [1.54, 1.807) is 0 Å². The number of rotatable bonds is 5. The average Bonchev–Trinajstić information content (AvgIpc) is 2.54. The molecule has 1 N–H and O–H groups in total. The molecule has 0 bridgehead atoms. The number of aromatic nitrogens is 1. The smallest absolute Gasteiger partial charge is 0.119 e. The molecular formula is C18H17NO2. The fourth-order valence-corrected chi connectivity index (χ4v) is 2.32. The summed E-state index contributed by atoms with van der Waals surface area (Å²) < 4.78 is 5.84. The Morgan fingerprint density at radius 2 is 1.76 bits per heavy atom. The van der Waals surface area contributed by atoms with Gasteiger partial charge >= 0.3 is 0 Å². The molecule has 3 nitrogen and oxygen atoms in total. The van der Waals surface area contributed by atoms with Crippen LogP contribution in [0.1, 0.15) is 11.1 Å². The van der Waals surface area contributed by atoms with E-state index < -0.39 is 0 Å². The number of nitrogens with zero attached hydrogens (tertiary/aromatic N) is 1. The van der Waals surface area contributed by atoms with Crippen LogP contribution in [0.3, 0.4) is 0 Å². The molecule has 106 valence electrons. The van der Waals surface area contributed by atoms with E-state index in [1.165, 1.54) is 0 Å². The summed E-state index contributed by atoms with van der Waals surface area (Å²) in [6.07, 6.45) is 2.49. The van der Waals surface area contributed by atoms with Crippen molar-refractivity contribution in [2.75, 3.05) is 6.61 Å². The summed E-state index contributed by atoms with van der Waals surface area (Å²) in [5.74, 6) is 0.831. The molecule has 1 aromatic heterocycles. The van der Waals surface area contributed by atoms with Gasteiger partial charge in [-0.1, -0.05) is 30.3 Å². The number of aliphatic hydroxyl groups is 1. The van der Waals surface area contributed by atoms with Gasteiger partial charge in [-0.25, -0.2) is 0 Å². The minimum Gasteiger partial charge on any atom is -0.489 e. The van der Waals surface area contributed by atoms with Crippen molar-refractivity contribution in [1.29, 1.82) is 0 Å². The van der Waals surface area contributed by atoms with Crippen LogP contribution in [-0.4, -0.2) is 16.7 Å². The molecular weight excluding hydrogens is 262 g/mol. The molecule has 0 aliphatic heterocycles. The molecule has 0 fully saturated rings. The number of para-hydroxylation sites is 1. The van der Waals surface area contributed by atoms with Gasteiger partial charge in [-0.2, -0.15) is 0 Å². The molecule has 21 heavy (non-hydrogen) atoms. The Balaban J connectivity index is 1.74. The van der Waals surface area contributed by atoms with Crippen molar-refractivity contribution in [1.82, 2.24) is 4.98 Å². The van der Waals surface area contributed by atoms with Crippen LogP contribution in [0.4, 0.5) is 0 Å². The average molecular weight is 279 g/mol. The topological polar surface area (TPSA) is 42.4 Å². The number of pyridine rings is 1. The predicted molar refractivity (Wildman–Crippen MR) is 83.3 cm³/mol. The maximum absolute atomic E-state index is 8.90. The van der Waals surface area contributed by atoms with Gasteiger partial charge in [0.2, 0.25) is 0 Å². The molecule has 0 aliphatic rings. The summed E-state index contributed by atoms with van der Waals surface area (Å²) in [4.78, 5) is 4.35. The first-order chi connectivity index (χ1) is 10.4. The van der Waals surface area contributed by atoms with Gasteiger partial charge in [-0.05, 0) is 36.2 Å². The molecule has 0 saturated carbocycles. The van der Waals surface area contributed by atoms with Crippen molar-refractivity contribution in [3.05, 3.63) is 71.9 Å². The zero-order chi connectivity index (χ0) is 14.5. The maximum atomic E-state index is 8.90. The lowest BCUT2D eigenvalue weighted by Gasteiger charge is -2.09. The molecule has 2 aromatic carbocycles. The number of aliphatic hydroxyl groups excluding tert-OH is 1. The first-order valence-corrected chi connectivity index (χ1v) is 7.02. The van der Waals surface area contributed by atoms with Crippen LogP contribution in [0.2, 0.25) is 0 Å². The zero-order valence-corrected chi connectivity index (χ0v) is 11.7. The number of ether oxygens (including phenoxy) is 1. The van der Waals surface area contributed by atoms with Crippen LogP contribution in [0, 0.1) is 0 Å². The third-order valence-electron chi connectivity index (χ3n) is 3.46. The highest BCUT2D eigenvalue weighted by Crippen LogP contribution is 2.19. The first kappa shape index (κ1) is 13.6. The fourth-order valence-electron chi connectivity index (χ4n) is 2.32. The van der Waals surface area contributed by atoms with Gasteiger partial charge in [-0.3, -0.25) is 4.98 Å². The van der Waals surface area contributed by atoms with Crippen molar-refractivity contribution < 1.29 is 9.84 Å². The molecule has 3 rings (SSSR count). The lowest BCUT2D eigenvalue weighted by molar-refractivity contribution is 0.298. The monoisotopic (exact) mass is 279 g/mol.